The topological polar surface area (TPSA) is 46.3 Å². The summed E-state index contributed by atoms with van der Waals surface area (Å²) < 4.78 is 0.911. The summed E-state index contributed by atoms with van der Waals surface area (Å²) in [5.74, 6) is 0.602. The van der Waals surface area contributed by atoms with E-state index < -0.39 is 0 Å². The average molecular weight is 360 g/mol. The van der Waals surface area contributed by atoms with Crippen LogP contribution >= 0.6 is 27.5 Å². The summed E-state index contributed by atoms with van der Waals surface area (Å²) in [6.45, 7) is 4.95. The molecule has 0 bridgehead atoms. The fourth-order valence-electron chi connectivity index (χ4n) is 2.73. The quantitative estimate of drug-likeness (QED) is 0.893. The largest absolute Gasteiger partial charge is 0.334 e. The number of carbonyl (C=O) groups excluding carboxylic acids is 1. The zero-order valence-electron chi connectivity index (χ0n) is 11.8. The van der Waals surface area contributed by atoms with Gasteiger partial charge in [-0.25, -0.2) is 0 Å². The van der Waals surface area contributed by atoms with Gasteiger partial charge in [-0.15, -0.1) is 0 Å². The standard InChI is InChI=1S/C15H20BrClN2O/c1-9(2)8-19-14(20)6-5-13(18)15(19)11-4-3-10(17)7-12(11)16/h3-4,7,9,13,15H,5-6,8,18H2,1-2H3. The van der Waals surface area contributed by atoms with Crippen LogP contribution < -0.4 is 5.73 Å². The Morgan fingerprint density at radius 3 is 2.80 bits per heavy atom. The van der Waals surface area contributed by atoms with Gasteiger partial charge in [0.05, 0.1) is 6.04 Å². The highest BCUT2D eigenvalue weighted by molar-refractivity contribution is 9.10. The van der Waals surface area contributed by atoms with Gasteiger partial charge in [-0.05, 0) is 30.0 Å². The van der Waals surface area contributed by atoms with Crippen molar-refractivity contribution in [3.63, 3.8) is 0 Å². The molecule has 2 rings (SSSR count). The van der Waals surface area contributed by atoms with Crippen LogP contribution in [0.25, 0.3) is 0 Å². The number of rotatable bonds is 3. The zero-order chi connectivity index (χ0) is 14.9. The van der Waals surface area contributed by atoms with E-state index in [2.05, 4.69) is 29.8 Å². The van der Waals surface area contributed by atoms with Crippen molar-refractivity contribution in [1.82, 2.24) is 4.90 Å². The second kappa shape index (κ2) is 6.46. The molecule has 1 saturated heterocycles. The SMILES string of the molecule is CC(C)CN1C(=O)CCC(N)C1c1ccc(Cl)cc1Br. The van der Waals surface area contributed by atoms with Gasteiger partial charge in [0.1, 0.15) is 0 Å². The molecule has 20 heavy (non-hydrogen) atoms. The van der Waals surface area contributed by atoms with Crippen LogP contribution in [0.2, 0.25) is 5.02 Å². The lowest BCUT2D eigenvalue weighted by molar-refractivity contribution is -0.138. The first kappa shape index (κ1) is 15.8. The maximum Gasteiger partial charge on any atom is 0.223 e. The van der Waals surface area contributed by atoms with E-state index >= 15 is 0 Å². The number of carbonyl (C=O) groups is 1. The minimum Gasteiger partial charge on any atom is -0.334 e. The predicted molar refractivity (Wildman–Crippen MR) is 85.7 cm³/mol. The van der Waals surface area contributed by atoms with E-state index in [9.17, 15) is 4.79 Å². The molecule has 1 amide bonds. The number of hydrogen-bond donors (Lipinski definition) is 1. The Kier molecular flexibility index (Phi) is 5.10. The third-order valence-electron chi connectivity index (χ3n) is 3.60. The summed E-state index contributed by atoms with van der Waals surface area (Å²) in [4.78, 5) is 14.2. The van der Waals surface area contributed by atoms with Crippen molar-refractivity contribution < 1.29 is 4.79 Å². The third kappa shape index (κ3) is 3.35. The average Bonchev–Trinajstić information content (AvgIpc) is 2.35. The lowest BCUT2D eigenvalue weighted by Crippen LogP contribution is -2.50. The summed E-state index contributed by atoms with van der Waals surface area (Å²) in [6, 6.07) is 5.55. The molecule has 0 aromatic heterocycles. The fraction of sp³-hybridized carbons (Fsp3) is 0.533. The van der Waals surface area contributed by atoms with Crippen LogP contribution in [-0.2, 0) is 4.79 Å². The number of hydrogen-bond acceptors (Lipinski definition) is 2. The van der Waals surface area contributed by atoms with Gasteiger partial charge in [-0.2, -0.15) is 0 Å². The van der Waals surface area contributed by atoms with Gasteiger partial charge in [-0.3, -0.25) is 4.79 Å². The smallest absolute Gasteiger partial charge is 0.223 e. The van der Waals surface area contributed by atoms with Crippen LogP contribution in [0.5, 0.6) is 0 Å². The van der Waals surface area contributed by atoms with Gasteiger partial charge in [0, 0.05) is 28.5 Å². The van der Waals surface area contributed by atoms with Gasteiger partial charge >= 0.3 is 0 Å². The summed E-state index contributed by atoms with van der Waals surface area (Å²) in [7, 11) is 0. The lowest BCUT2D eigenvalue weighted by Gasteiger charge is -2.41. The number of nitrogens with zero attached hydrogens (tertiary/aromatic N) is 1. The molecule has 3 nitrogen and oxygen atoms in total. The van der Waals surface area contributed by atoms with Gasteiger partial charge in [0.25, 0.3) is 0 Å². The van der Waals surface area contributed by atoms with E-state index in [1.807, 2.05) is 23.1 Å². The van der Waals surface area contributed by atoms with Gasteiger partial charge in [-0.1, -0.05) is 47.4 Å². The Labute approximate surface area is 133 Å². The van der Waals surface area contributed by atoms with Crippen LogP contribution in [0.1, 0.15) is 38.3 Å². The normalized spacial score (nSPS) is 23.5. The van der Waals surface area contributed by atoms with Crippen LogP contribution in [-0.4, -0.2) is 23.4 Å². The first-order valence-electron chi connectivity index (χ1n) is 6.90. The summed E-state index contributed by atoms with van der Waals surface area (Å²) >= 11 is 9.55. The number of benzene rings is 1. The van der Waals surface area contributed by atoms with Crippen molar-refractivity contribution in [2.45, 2.75) is 38.8 Å². The zero-order valence-corrected chi connectivity index (χ0v) is 14.1. The molecule has 2 unspecified atom stereocenters. The Balaban J connectivity index is 2.39. The minimum absolute atomic E-state index is 0.0380. The van der Waals surface area contributed by atoms with Crippen molar-refractivity contribution >= 4 is 33.4 Å². The number of nitrogens with two attached hydrogens (primary N) is 1. The molecule has 0 radical (unpaired) electrons. The highest BCUT2D eigenvalue weighted by atomic mass is 79.9. The molecule has 0 aliphatic carbocycles. The molecule has 2 N–H and O–H groups in total. The van der Waals surface area contributed by atoms with Gasteiger partial charge < -0.3 is 10.6 Å². The number of likely N-dealkylation sites (tertiary alicyclic amines) is 1. The Bertz CT molecular complexity index is 507. The molecular weight excluding hydrogens is 340 g/mol. The van der Waals surface area contributed by atoms with E-state index in [1.165, 1.54) is 0 Å². The maximum absolute atomic E-state index is 12.3. The third-order valence-corrected chi connectivity index (χ3v) is 4.52. The second-order valence-electron chi connectivity index (χ2n) is 5.75. The van der Waals surface area contributed by atoms with Gasteiger partial charge in [0.15, 0.2) is 0 Å². The molecule has 1 fully saturated rings. The van der Waals surface area contributed by atoms with Crippen LogP contribution in [0.15, 0.2) is 22.7 Å². The van der Waals surface area contributed by atoms with Crippen molar-refractivity contribution in [2.75, 3.05) is 6.54 Å². The van der Waals surface area contributed by atoms with Crippen LogP contribution in [0.3, 0.4) is 0 Å². The molecule has 5 heteroatoms. The highest BCUT2D eigenvalue weighted by Gasteiger charge is 2.35. The van der Waals surface area contributed by atoms with Crippen molar-refractivity contribution in [3.05, 3.63) is 33.3 Å². The van der Waals surface area contributed by atoms with Crippen molar-refractivity contribution in [1.29, 1.82) is 0 Å². The van der Waals surface area contributed by atoms with E-state index in [0.29, 0.717) is 17.4 Å². The molecule has 1 aromatic carbocycles. The second-order valence-corrected chi connectivity index (χ2v) is 7.04. The molecule has 1 heterocycles. The van der Waals surface area contributed by atoms with Crippen LogP contribution in [0.4, 0.5) is 0 Å². The number of halogens is 2. The fourth-order valence-corrected chi connectivity index (χ4v) is 3.64. The molecule has 1 aliphatic rings. The summed E-state index contributed by atoms with van der Waals surface area (Å²) in [5, 5.41) is 0.673. The highest BCUT2D eigenvalue weighted by Crippen LogP contribution is 2.36. The number of piperidine rings is 1. The van der Waals surface area contributed by atoms with E-state index in [1.54, 1.807) is 0 Å². The first-order valence-corrected chi connectivity index (χ1v) is 8.07. The first-order chi connectivity index (χ1) is 9.40. The Hall–Kier alpha value is -0.580. The van der Waals surface area contributed by atoms with Crippen LogP contribution in [0, 0.1) is 5.92 Å². The molecule has 1 aromatic rings. The van der Waals surface area contributed by atoms with Crippen molar-refractivity contribution in [2.24, 2.45) is 11.7 Å². The van der Waals surface area contributed by atoms with Gasteiger partial charge in [0.2, 0.25) is 5.91 Å². The predicted octanol–water partition coefficient (Wildman–Crippen LogP) is 3.75. The molecule has 0 spiro atoms. The Morgan fingerprint density at radius 1 is 1.50 bits per heavy atom. The molecule has 2 atom stereocenters. The van der Waals surface area contributed by atoms with E-state index in [-0.39, 0.29) is 18.0 Å². The molecule has 0 saturated carbocycles. The molecule has 110 valence electrons. The lowest BCUT2D eigenvalue weighted by atomic mass is 9.90. The summed E-state index contributed by atoms with van der Waals surface area (Å²) in [6.07, 6.45) is 1.27. The maximum atomic E-state index is 12.3. The van der Waals surface area contributed by atoms with E-state index in [0.717, 1.165) is 23.0 Å². The Morgan fingerprint density at radius 2 is 2.20 bits per heavy atom. The monoisotopic (exact) mass is 358 g/mol. The minimum atomic E-state index is -0.0784. The van der Waals surface area contributed by atoms with E-state index in [4.69, 9.17) is 17.3 Å². The summed E-state index contributed by atoms with van der Waals surface area (Å²) in [5.41, 5.74) is 7.34. The van der Waals surface area contributed by atoms with Crippen molar-refractivity contribution in [3.8, 4) is 0 Å². The molecule has 1 aliphatic heterocycles. The number of amides is 1. The molecular formula is C15H20BrClN2O.